The Bertz CT molecular complexity index is 372. The molecule has 0 aromatic carbocycles. The Hall–Kier alpha value is -1.84. The number of carbonyl (C=O) groups excluding carboxylic acids is 2. The molecular weight excluding hydrogens is 184 g/mol. The molecule has 0 aromatic rings. The number of hydrogen-bond donors (Lipinski definition) is 1. The van der Waals surface area contributed by atoms with Gasteiger partial charge in [0.05, 0.1) is 0 Å². The van der Waals surface area contributed by atoms with E-state index in [9.17, 15) is 14.7 Å². The van der Waals surface area contributed by atoms with Gasteiger partial charge in [-0.1, -0.05) is 12.2 Å². The summed E-state index contributed by atoms with van der Waals surface area (Å²) in [5, 5.41) is 9.43. The highest BCUT2D eigenvalue weighted by Gasteiger charge is 2.32. The number of rotatable bonds is 2. The highest BCUT2D eigenvalue weighted by atomic mass is 16.6. The van der Waals surface area contributed by atoms with E-state index in [1.54, 1.807) is 19.1 Å². The summed E-state index contributed by atoms with van der Waals surface area (Å²) < 4.78 is 4.68. The normalized spacial score (nSPS) is 19.6. The van der Waals surface area contributed by atoms with Crippen LogP contribution in [0.1, 0.15) is 13.8 Å². The molecule has 0 spiro atoms. The summed E-state index contributed by atoms with van der Waals surface area (Å²) in [7, 11) is 0. The van der Waals surface area contributed by atoms with Crippen molar-refractivity contribution in [3.8, 4) is 0 Å². The maximum atomic E-state index is 11.1. The number of aliphatic hydroxyl groups is 1. The van der Waals surface area contributed by atoms with Crippen molar-refractivity contribution in [1.82, 2.24) is 0 Å². The molecule has 4 nitrogen and oxygen atoms in total. The Morgan fingerprint density at radius 1 is 1.50 bits per heavy atom. The summed E-state index contributed by atoms with van der Waals surface area (Å²) in [6.45, 7) is 2.98. The fourth-order valence-corrected chi connectivity index (χ4v) is 1.03. The summed E-state index contributed by atoms with van der Waals surface area (Å²) in [5.74, 6) is -1.68. The molecule has 1 aliphatic rings. The van der Waals surface area contributed by atoms with Gasteiger partial charge in [-0.3, -0.25) is 4.79 Å². The molecule has 1 aliphatic heterocycles. The van der Waals surface area contributed by atoms with E-state index in [-0.39, 0.29) is 17.1 Å². The minimum atomic E-state index is -0.800. The van der Waals surface area contributed by atoms with Gasteiger partial charge < -0.3 is 9.84 Å². The Labute approximate surface area is 81.2 Å². The molecule has 0 saturated heterocycles. The van der Waals surface area contributed by atoms with Crippen LogP contribution >= 0.6 is 0 Å². The number of ketones is 1. The summed E-state index contributed by atoms with van der Waals surface area (Å²) >= 11 is 0. The molecule has 0 aromatic heterocycles. The Kier molecular flexibility index (Phi) is 2.86. The number of hydrogen-bond acceptors (Lipinski definition) is 4. The maximum Gasteiger partial charge on any atom is 0.351 e. The second kappa shape index (κ2) is 3.91. The van der Waals surface area contributed by atoms with Crippen molar-refractivity contribution in [2.45, 2.75) is 13.8 Å². The molecule has 74 valence electrons. The third-order valence-electron chi connectivity index (χ3n) is 1.67. The predicted octanol–water partition coefficient (Wildman–Crippen LogP) is 1.40. The van der Waals surface area contributed by atoms with Crippen LogP contribution in [0.4, 0.5) is 0 Å². The van der Waals surface area contributed by atoms with E-state index in [0.29, 0.717) is 0 Å². The van der Waals surface area contributed by atoms with Gasteiger partial charge in [0, 0.05) is 0 Å². The standard InChI is InChI=1S/C10H10O4/c1-3-4-5-7-9(12)8(6(2)11)10(13)14-7/h3-5,12H,1-2H3/b4-3?,7-5-. The van der Waals surface area contributed by atoms with Gasteiger partial charge in [-0.15, -0.1) is 0 Å². The summed E-state index contributed by atoms with van der Waals surface area (Å²) in [6.07, 6.45) is 4.73. The molecular formula is C10H10O4. The summed E-state index contributed by atoms with van der Waals surface area (Å²) in [5.41, 5.74) is -0.291. The van der Waals surface area contributed by atoms with Gasteiger partial charge in [0.2, 0.25) is 0 Å². The van der Waals surface area contributed by atoms with Gasteiger partial charge in [-0.2, -0.15) is 0 Å². The average Bonchev–Trinajstić information content (AvgIpc) is 2.38. The van der Waals surface area contributed by atoms with Crippen molar-refractivity contribution in [3.63, 3.8) is 0 Å². The fraction of sp³-hybridized carbons (Fsp3) is 0.200. The Balaban J connectivity index is 3.11. The number of esters is 1. The van der Waals surface area contributed by atoms with Crippen molar-refractivity contribution in [3.05, 3.63) is 35.3 Å². The van der Waals surface area contributed by atoms with Crippen molar-refractivity contribution >= 4 is 11.8 Å². The average molecular weight is 194 g/mol. The lowest BCUT2D eigenvalue weighted by Crippen LogP contribution is -2.06. The molecule has 0 radical (unpaired) electrons. The maximum absolute atomic E-state index is 11.1. The largest absolute Gasteiger partial charge is 0.504 e. The molecule has 0 fully saturated rings. The lowest BCUT2D eigenvalue weighted by atomic mass is 10.1. The lowest BCUT2D eigenvalue weighted by molar-refractivity contribution is -0.134. The number of cyclic esters (lactones) is 1. The fourth-order valence-electron chi connectivity index (χ4n) is 1.03. The molecule has 0 atom stereocenters. The van der Waals surface area contributed by atoms with Gasteiger partial charge >= 0.3 is 5.97 Å². The molecule has 1 N–H and O–H groups in total. The zero-order valence-corrected chi connectivity index (χ0v) is 7.90. The van der Waals surface area contributed by atoms with Gasteiger partial charge in [-0.25, -0.2) is 4.79 Å². The Morgan fingerprint density at radius 2 is 2.14 bits per heavy atom. The number of allylic oxidation sites excluding steroid dienone is 3. The second-order valence-corrected chi connectivity index (χ2v) is 2.73. The molecule has 1 rings (SSSR count). The smallest absolute Gasteiger partial charge is 0.351 e. The second-order valence-electron chi connectivity index (χ2n) is 2.73. The van der Waals surface area contributed by atoms with Gasteiger partial charge in [0.15, 0.2) is 17.3 Å². The summed E-state index contributed by atoms with van der Waals surface area (Å²) in [4.78, 5) is 22.0. The SMILES string of the molecule is CC=C/C=C1\OC(=O)C(C(C)=O)=C1O. The first-order valence-corrected chi connectivity index (χ1v) is 4.07. The van der Waals surface area contributed by atoms with Crippen LogP contribution in [0.2, 0.25) is 0 Å². The highest BCUT2D eigenvalue weighted by Crippen LogP contribution is 2.24. The first-order valence-electron chi connectivity index (χ1n) is 4.07. The van der Waals surface area contributed by atoms with E-state index in [4.69, 9.17) is 0 Å². The molecule has 0 amide bonds. The van der Waals surface area contributed by atoms with E-state index in [2.05, 4.69) is 4.74 Å². The van der Waals surface area contributed by atoms with E-state index in [0.717, 1.165) is 0 Å². The van der Waals surface area contributed by atoms with Crippen LogP contribution in [-0.4, -0.2) is 16.9 Å². The number of ether oxygens (including phenoxy) is 1. The van der Waals surface area contributed by atoms with Crippen LogP contribution in [-0.2, 0) is 14.3 Å². The lowest BCUT2D eigenvalue weighted by Gasteiger charge is -1.93. The van der Waals surface area contributed by atoms with E-state index in [1.165, 1.54) is 13.0 Å². The van der Waals surface area contributed by atoms with Crippen LogP contribution in [0.3, 0.4) is 0 Å². The molecule has 0 bridgehead atoms. The minimum absolute atomic E-state index is 0.0123. The topological polar surface area (TPSA) is 63.6 Å². The van der Waals surface area contributed by atoms with Crippen LogP contribution in [0.5, 0.6) is 0 Å². The number of Topliss-reactive ketones (excluding diaryl/α,β-unsaturated/α-hetero) is 1. The van der Waals surface area contributed by atoms with E-state index in [1.807, 2.05) is 0 Å². The van der Waals surface area contributed by atoms with E-state index >= 15 is 0 Å². The monoisotopic (exact) mass is 194 g/mol. The number of aliphatic hydroxyl groups excluding tert-OH is 1. The van der Waals surface area contributed by atoms with E-state index < -0.39 is 11.8 Å². The predicted molar refractivity (Wildman–Crippen MR) is 49.3 cm³/mol. The van der Waals surface area contributed by atoms with Gasteiger partial charge in [0.1, 0.15) is 5.57 Å². The van der Waals surface area contributed by atoms with Crippen LogP contribution in [0, 0.1) is 0 Å². The third kappa shape index (κ3) is 1.74. The first kappa shape index (κ1) is 10.2. The zero-order valence-electron chi connectivity index (χ0n) is 7.90. The van der Waals surface area contributed by atoms with Gasteiger partial charge in [-0.05, 0) is 19.9 Å². The third-order valence-corrected chi connectivity index (χ3v) is 1.67. The number of carbonyl (C=O) groups is 2. The molecule has 4 heteroatoms. The molecule has 14 heavy (non-hydrogen) atoms. The molecule has 0 aliphatic carbocycles. The van der Waals surface area contributed by atoms with Gasteiger partial charge in [0.25, 0.3) is 0 Å². The Morgan fingerprint density at radius 3 is 2.57 bits per heavy atom. The van der Waals surface area contributed by atoms with Crippen molar-refractivity contribution < 1.29 is 19.4 Å². The quantitative estimate of drug-likeness (QED) is 0.533. The molecule has 0 saturated carbocycles. The molecule has 1 heterocycles. The van der Waals surface area contributed by atoms with Crippen LogP contribution < -0.4 is 0 Å². The van der Waals surface area contributed by atoms with Crippen LogP contribution in [0.25, 0.3) is 0 Å². The van der Waals surface area contributed by atoms with Crippen LogP contribution in [0.15, 0.2) is 35.3 Å². The minimum Gasteiger partial charge on any atom is -0.504 e. The zero-order chi connectivity index (χ0) is 10.7. The first-order chi connectivity index (χ1) is 6.57. The summed E-state index contributed by atoms with van der Waals surface area (Å²) in [6, 6.07) is 0. The highest BCUT2D eigenvalue weighted by molar-refractivity contribution is 6.19. The van der Waals surface area contributed by atoms with Crippen molar-refractivity contribution in [1.29, 1.82) is 0 Å². The van der Waals surface area contributed by atoms with Crippen molar-refractivity contribution in [2.75, 3.05) is 0 Å². The van der Waals surface area contributed by atoms with Crippen molar-refractivity contribution in [2.24, 2.45) is 0 Å². The molecule has 0 unspecified atom stereocenters.